The van der Waals surface area contributed by atoms with Crippen LogP contribution in [0.1, 0.15) is 44.1 Å². The second-order valence-electron chi connectivity index (χ2n) is 8.46. The number of aromatic amines is 1. The molecular weight excluding hydrogens is 414 g/mol. The molecule has 1 aromatic carbocycles. The molecule has 0 saturated heterocycles. The van der Waals surface area contributed by atoms with Crippen LogP contribution in [0, 0.1) is 11.3 Å². The zero-order valence-electron chi connectivity index (χ0n) is 17.0. The molecule has 1 aliphatic heterocycles. The molecule has 3 aromatic rings. The molecule has 2 aromatic heterocycles. The van der Waals surface area contributed by atoms with Crippen molar-refractivity contribution in [3.8, 4) is 6.07 Å². The Morgan fingerprint density at radius 1 is 1.23 bits per heavy atom. The highest BCUT2D eigenvalue weighted by molar-refractivity contribution is 7.91. The van der Waals surface area contributed by atoms with Gasteiger partial charge in [-0.1, -0.05) is 19.3 Å². The number of hydrogen-bond acceptors (Lipinski definition) is 6. The fraction of sp³-hybridized carbons (Fsp3) is 0.409. The van der Waals surface area contributed by atoms with Gasteiger partial charge in [0.1, 0.15) is 5.39 Å². The smallest absolute Gasteiger partial charge is 0.261 e. The van der Waals surface area contributed by atoms with E-state index in [0.717, 1.165) is 37.7 Å². The van der Waals surface area contributed by atoms with E-state index in [1.165, 1.54) is 0 Å². The average molecular weight is 438 g/mol. The van der Waals surface area contributed by atoms with E-state index in [1.54, 1.807) is 18.3 Å². The van der Waals surface area contributed by atoms with E-state index >= 15 is 0 Å². The summed E-state index contributed by atoms with van der Waals surface area (Å²) in [6.07, 6.45) is 7.30. The highest BCUT2D eigenvalue weighted by atomic mass is 32.2. The highest BCUT2D eigenvalue weighted by Gasteiger charge is 2.37. The minimum absolute atomic E-state index is 0.125. The molecule has 1 saturated carbocycles. The van der Waals surface area contributed by atoms with Crippen LogP contribution in [0.3, 0.4) is 0 Å². The van der Waals surface area contributed by atoms with Crippen molar-refractivity contribution in [3.63, 3.8) is 0 Å². The fourth-order valence-electron chi connectivity index (χ4n) is 4.99. The first-order valence-electron chi connectivity index (χ1n) is 10.5. The van der Waals surface area contributed by atoms with Gasteiger partial charge in [0.05, 0.1) is 34.2 Å². The zero-order chi connectivity index (χ0) is 21.6. The lowest BCUT2D eigenvalue weighted by Gasteiger charge is -2.36. The zero-order valence-corrected chi connectivity index (χ0v) is 17.8. The Morgan fingerprint density at radius 3 is 2.81 bits per heavy atom. The van der Waals surface area contributed by atoms with Gasteiger partial charge in [-0.25, -0.2) is 8.42 Å². The van der Waals surface area contributed by atoms with E-state index in [9.17, 15) is 18.5 Å². The SMILES string of the molecule is N#CCC1(n2nc(Nc3ccc4c(c3)CCS4(=O)=O)c3c(=O)[nH]ccc32)CCCCC1. The van der Waals surface area contributed by atoms with Crippen molar-refractivity contribution in [2.24, 2.45) is 0 Å². The molecule has 0 spiro atoms. The molecule has 0 amide bonds. The van der Waals surface area contributed by atoms with Crippen molar-refractivity contribution >= 4 is 32.2 Å². The van der Waals surface area contributed by atoms with E-state index in [4.69, 9.17) is 5.10 Å². The number of nitrogens with zero attached hydrogens (tertiary/aromatic N) is 3. The summed E-state index contributed by atoms with van der Waals surface area (Å²) in [5.41, 5.74) is 1.48. The van der Waals surface area contributed by atoms with Crippen molar-refractivity contribution in [2.45, 2.75) is 55.4 Å². The number of H-pyrrole nitrogens is 1. The Labute approximate surface area is 179 Å². The van der Waals surface area contributed by atoms with Crippen molar-refractivity contribution in [3.05, 3.63) is 46.4 Å². The van der Waals surface area contributed by atoms with Crippen LogP contribution in [0.15, 0.2) is 40.2 Å². The van der Waals surface area contributed by atoms with E-state index in [2.05, 4.69) is 16.4 Å². The van der Waals surface area contributed by atoms with Gasteiger partial charge in [0.15, 0.2) is 15.7 Å². The summed E-state index contributed by atoms with van der Waals surface area (Å²) in [6.45, 7) is 0. The lowest BCUT2D eigenvalue weighted by molar-refractivity contribution is 0.185. The van der Waals surface area contributed by atoms with Gasteiger partial charge in [-0.3, -0.25) is 9.48 Å². The lowest BCUT2D eigenvalue weighted by atomic mass is 9.79. The second-order valence-corrected chi connectivity index (χ2v) is 10.5. The topological polar surface area (TPSA) is 121 Å². The number of benzene rings is 1. The molecule has 0 atom stereocenters. The normalized spacial score (nSPS) is 19.1. The van der Waals surface area contributed by atoms with Gasteiger partial charge in [0, 0.05) is 11.9 Å². The van der Waals surface area contributed by atoms with Crippen molar-refractivity contribution in [2.75, 3.05) is 11.1 Å². The third kappa shape index (κ3) is 3.22. The van der Waals surface area contributed by atoms with Gasteiger partial charge in [0.25, 0.3) is 5.56 Å². The average Bonchev–Trinajstić information content (AvgIpc) is 3.27. The molecule has 0 bridgehead atoms. The molecule has 5 rings (SSSR count). The number of hydrogen-bond donors (Lipinski definition) is 2. The minimum Gasteiger partial charge on any atom is -0.338 e. The van der Waals surface area contributed by atoms with Crippen molar-refractivity contribution < 1.29 is 8.42 Å². The van der Waals surface area contributed by atoms with Crippen LogP contribution >= 0.6 is 0 Å². The number of aryl methyl sites for hydroxylation is 1. The van der Waals surface area contributed by atoms with Gasteiger partial charge in [-0.15, -0.1) is 0 Å². The number of pyridine rings is 1. The molecule has 0 unspecified atom stereocenters. The number of rotatable bonds is 4. The molecule has 31 heavy (non-hydrogen) atoms. The number of sulfone groups is 1. The Morgan fingerprint density at radius 2 is 2.03 bits per heavy atom. The molecule has 9 heteroatoms. The molecular formula is C22H23N5O3S. The quantitative estimate of drug-likeness (QED) is 0.646. The number of anilines is 2. The standard InChI is InChI=1S/C22H23N5O3S/c23-11-10-22(8-2-1-3-9-22)27-17-6-12-24-21(28)19(17)20(26-27)25-16-4-5-18-15(14-16)7-13-31(18,29)30/h4-6,12,14H,1-3,7-10,13H2,(H,24,28)(H,25,26). The van der Waals surface area contributed by atoms with Gasteiger partial charge in [0.2, 0.25) is 0 Å². The minimum atomic E-state index is -3.19. The summed E-state index contributed by atoms with van der Waals surface area (Å²) in [5, 5.41) is 18.0. The first kappa shape index (κ1) is 19.8. The molecule has 0 radical (unpaired) electrons. The number of nitriles is 1. The Hall–Kier alpha value is -3.12. The van der Waals surface area contributed by atoms with E-state index in [0.29, 0.717) is 40.1 Å². The van der Waals surface area contributed by atoms with Crippen LogP contribution in [0.4, 0.5) is 11.5 Å². The highest BCUT2D eigenvalue weighted by Crippen LogP contribution is 2.40. The molecule has 8 nitrogen and oxygen atoms in total. The summed E-state index contributed by atoms with van der Waals surface area (Å²) in [4.78, 5) is 15.8. The molecule has 1 aliphatic carbocycles. The molecule has 1 fully saturated rings. The largest absolute Gasteiger partial charge is 0.338 e. The van der Waals surface area contributed by atoms with Crippen LogP contribution < -0.4 is 10.9 Å². The Balaban J connectivity index is 1.62. The maximum absolute atomic E-state index is 12.7. The van der Waals surface area contributed by atoms with Gasteiger partial charge >= 0.3 is 0 Å². The number of aromatic nitrogens is 3. The Bertz CT molecular complexity index is 1370. The third-order valence-electron chi connectivity index (χ3n) is 6.54. The maximum atomic E-state index is 12.7. The summed E-state index contributed by atoms with van der Waals surface area (Å²) in [5.74, 6) is 0.542. The summed E-state index contributed by atoms with van der Waals surface area (Å²) < 4.78 is 26.1. The molecule has 2 N–H and O–H groups in total. The first-order chi connectivity index (χ1) is 14.9. The summed E-state index contributed by atoms with van der Waals surface area (Å²) >= 11 is 0. The van der Waals surface area contributed by atoms with E-state index in [-0.39, 0.29) is 11.3 Å². The van der Waals surface area contributed by atoms with Crippen LogP contribution in [0.5, 0.6) is 0 Å². The monoisotopic (exact) mass is 437 g/mol. The lowest BCUT2D eigenvalue weighted by Crippen LogP contribution is -2.36. The van der Waals surface area contributed by atoms with Crippen LogP contribution in [0.25, 0.3) is 10.9 Å². The van der Waals surface area contributed by atoms with E-state index in [1.807, 2.05) is 16.8 Å². The predicted molar refractivity (Wildman–Crippen MR) is 117 cm³/mol. The molecule has 2 aliphatic rings. The van der Waals surface area contributed by atoms with Crippen LogP contribution in [-0.2, 0) is 21.8 Å². The maximum Gasteiger partial charge on any atom is 0.261 e. The number of fused-ring (bicyclic) bond motifs is 2. The van der Waals surface area contributed by atoms with Crippen molar-refractivity contribution in [1.29, 1.82) is 5.26 Å². The van der Waals surface area contributed by atoms with Gasteiger partial charge < -0.3 is 10.3 Å². The molecule has 3 heterocycles. The second kappa shape index (κ2) is 7.24. The van der Waals surface area contributed by atoms with Crippen molar-refractivity contribution in [1.82, 2.24) is 14.8 Å². The van der Waals surface area contributed by atoms with Crippen LogP contribution in [0.2, 0.25) is 0 Å². The van der Waals surface area contributed by atoms with E-state index < -0.39 is 15.4 Å². The summed E-state index contributed by atoms with van der Waals surface area (Å²) in [6, 6.07) is 9.29. The first-order valence-corrected chi connectivity index (χ1v) is 12.2. The van der Waals surface area contributed by atoms with Gasteiger partial charge in [-0.2, -0.15) is 10.4 Å². The third-order valence-corrected chi connectivity index (χ3v) is 8.35. The predicted octanol–water partition coefficient (Wildman–Crippen LogP) is 3.37. The van der Waals surface area contributed by atoms with Gasteiger partial charge in [-0.05, 0) is 49.1 Å². The fourth-order valence-corrected chi connectivity index (χ4v) is 6.54. The number of nitrogens with one attached hydrogen (secondary N) is 2. The molecule has 160 valence electrons. The Kier molecular flexibility index (Phi) is 4.63. The van der Waals surface area contributed by atoms with Crippen LogP contribution in [-0.4, -0.2) is 28.9 Å². The summed E-state index contributed by atoms with van der Waals surface area (Å²) in [7, 11) is -3.19.